The summed E-state index contributed by atoms with van der Waals surface area (Å²) >= 11 is 1.38. The number of fused-ring (bicyclic) bond motifs is 1. The summed E-state index contributed by atoms with van der Waals surface area (Å²) in [6.07, 6.45) is 0.847. The largest absolute Gasteiger partial charge is 0.507 e. The van der Waals surface area contributed by atoms with E-state index in [2.05, 4.69) is 4.98 Å². The highest BCUT2D eigenvalue weighted by atomic mass is 32.1. The van der Waals surface area contributed by atoms with Crippen molar-refractivity contribution in [3.63, 3.8) is 0 Å². The van der Waals surface area contributed by atoms with Crippen molar-refractivity contribution in [3.05, 3.63) is 57.2 Å². The molecule has 0 aliphatic carbocycles. The van der Waals surface area contributed by atoms with E-state index < -0.39 is 5.97 Å². The van der Waals surface area contributed by atoms with Gasteiger partial charge in [-0.15, -0.1) is 11.3 Å². The highest BCUT2D eigenvalue weighted by Gasteiger charge is 2.19. The first kappa shape index (κ1) is 18.7. The topological polar surface area (TPSA) is 88.1 Å². The maximum absolute atomic E-state index is 12.2. The number of esters is 1. The van der Waals surface area contributed by atoms with Crippen LogP contribution in [0.2, 0.25) is 0 Å². The van der Waals surface area contributed by atoms with Crippen molar-refractivity contribution in [2.75, 3.05) is 6.61 Å². The second-order valence-corrected chi connectivity index (χ2v) is 7.20. The number of rotatable bonds is 5. The SMILES string of the molecule is CCc1sc(C(=O)OC/C(O)=C(\C#N)c2nc3ccccc3n2C)cc1C. The Bertz CT molecular complexity index is 1090. The molecule has 0 aliphatic heterocycles. The third-order valence-electron chi connectivity index (χ3n) is 4.29. The summed E-state index contributed by atoms with van der Waals surface area (Å²) in [7, 11) is 1.77. The van der Waals surface area contributed by atoms with E-state index in [1.807, 2.05) is 44.2 Å². The van der Waals surface area contributed by atoms with E-state index in [9.17, 15) is 15.2 Å². The minimum atomic E-state index is -0.517. The van der Waals surface area contributed by atoms with Crippen LogP contribution in [0.3, 0.4) is 0 Å². The number of imidazole rings is 1. The second kappa shape index (κ2) is 7.64. The summed E-state index contributed by atoms with van der Waals surface area (Å²) in [6.45, 7) is 3.59. The van der Waals surface area contributed by atoms with Gasteiger partial charge in [-0.05, 0) is 37.1 Å². The van der Waals surface area contributed by atoms with Crippen molar-refractivity contribution in [1.29, 1.82) is 5.26 Å². The number of hydrogen-bond donors (Lipinski definition) is 1. The molecule has 1 N–H and O–H groups in total. The number of aliphatic hydroxyl groups excluding tert-OH is 1. The summed E-state index contributed by atoms with van der Waals surface area (Å²) in [4.78, 5) is 18.2. The quantitative estimate of drug-likeness (QED) is 0.407. The summed E-state index contributed by atoms with van der Waals surface area (Å²) in [5, 5.41) is 19.8. The molecule has 0 saturated carbocycles. The molecule has 0 atom stereocenters. The average molecular weight is 381 g/mol. The van der Waals surface area contributed by atoms with Gasteiger partial charge in [-0.2, -0.15) is 5.26 Å². The van der Waals surface area contributed by atoms with Crippen molar-refractivity contribution in [2.24, 2.45) is 7.05 Å². The monoisotopic (exact) mass is 381 g/mol. The van der Waals surface area contributed by atoms with Gasteiger partial charge < -0.3 is 14.4 Å². The van der Waals surface area contributed by atoms with E-state index in [1.54, 1.807) is 17.7 Å². The smallest absolute Gasteiger partial charge is 0.348 e. The zero-order valence-electron chi connectivity index (χ0n) is 15.3. The van der Waals surface area contributed by atoms with Gasteiger partial charge in [0.1, 0.15) is 23.1 Å². The lowest BCUT2D eigenvalue weighted by Gasteiger charge is -2.06. The predicted molar refractivity (Wildman–Crippen MR) is 105 cm³/mol. The van der Waals surface area contributed by atoms with Crippen LogP contribution in [0, 0.1) is 18.3 Å². The molecule has 3 rings (SSSR count). The van der Waals surface area contributed by atoms with Crippen LogP contribution < -0.4 is 0 Å². The van der Waals surface area contributed by atoms with Gasteiger partial charge in [0.2, 0.25) is 0 Å². The molecule has 0 aliphatic rings. The van der Waals surface area contributed by atoms with E-state index in [1.165, 1.54) is 11.3 Å². The van der Waals surface area contributed by atoms with Crippen LogP contribution in [0.4, 0.5) is 0 Å². The number of aromatic nitrogens is 2. The first-order valence-electron chi connectivity index (χ1n) is 8.46. The van der Waals surface area contributed by atoms with E-state index in [-0.39, 0.29) is 17.9 Å². The molecule has 138 valence electrons. The molecule has 2 aromatic heterocycles. The maximum Gasteiger partial charge on any atom is 0.348 e. The number of nitrogens with zero attached hydrogens (tertiary/aromatic N) is 3. The zero-order valence-corrected chi connectivity index (χ0v) is 16.1. The number of thiophene rings is 1. The molecule has 2 heterocycles. The molecular weight excluding hydrogens is 362 g/mol. The minimum Gasteiger partial charge on any atom is -0.507 e. The van der Waals surface area contributed by atoms with Crippen LogP contribution in [0.25, 0.3) is 16.6 Å². The Morgan fingerprint density at radius 1 is 1.41 bits per heavy atom. The molecule has 0 bridgehead atoms. The molecule has 0 amide bonds. The molecule has 27 heavy (non-hydrogen) atoms. The fraction of sp³-hybridized carbons (Fsp3) is 0.250. The Morgan fingerprint density at radius 3 is 2.78 bits per heavy atom. The summed E-state index contributed by atoms with van der Waals surface area (Å²) < 4.78 is 6.92. The van der Waals surface area contributed by atoms with Crippen LogP contribution in [0.15, 0.2) is 36.1 Å². The summed E-state index contributed by atoms with van der Waals surface area (Å²) in [5.74, 6) is -0.516. The van der Waals surface area contributed by atoms with E-state index in [0.29, 0.717) is 16.2 Å². The maximum atomic E-state index is 12.2. The number of aryl methyl sites for hydroxylation is 3. The van der Waals surface area contributed by atoms with Crippen molar-refractivity contribution in [2.45, 2.75) is 20.3 Å². The molecule has 3 aromatic rings. The zero-order chi connectivity index (χ0) is 19.6. The van der Waals surface area contributed by atoms with Gasteiger partial charge in [0, 0.05) is 11.9 Å². The molecule has 7 heteroatoms. The van der Waals surface area contributed by atoms with Gasteiger partial charge in [0.25, 0.3) is 0 Å². The van der Waals surface area contributed by atoms with Gasteiger partial charge >= 0.3 is 5.97 Å². The highest BCUT2D eigenvalue weighted by molar-refractivity contribution is 7.14. The number of para-hydroxylation sites is 2. The van der Waals surface area contributed by atoms with Crippen molar-refractivity contribution >= 4 is 33.9 Å². The Morgan fingerprint density at radius 2 is 2.15 bits per heavy atom. The highest BCUT2D eigenvalue weighted by Crippen LogP contribution is 2.24. The minimum absolute atomic E-state index is 0.0156. The van der Waals surface area contributed by atoms with Gasteiger partial charge in [-0.25, -0.2) is 9.78 Å². The van der Waals surface area contributed by atoms with Crippen LogP contribution in [0.5, 0.6) is 0 Å². The number of carbonyl (C=O) groups excluding carboxylic acids is 1. The molecule has 0 fully saturated rings. The number of nitriles is 1. The average Bonchev–Trinajstić information content (AvgIpc) is 3.21. The molecule has 6 nitrogen and oxygen atoms in total. The van der Waals surface area contributed by atoms with E-state index in [4.69, 9.17) is 4.74 Å². The van der Waals surface area contributed by atoms with Gasteiger partial charge in [0.05, 0.1) is 11.0 Å². The number of allylic oxidation sites excluding steroid dienone is 1. The van der Waals surface area contributed by atoms with Crippen molar-refractivity contribution < 1.29 is 14.6 Å². The third-order valence-corrected chi connectivity index (χ3v) is 5.66. The first-order chi connectivity index (χ1) is 13.0. The Balaban J connectivity index is 1.83. The lowest BCUT2D eigenvalue weighted by Crippen LogP contribution is -2.09. The summed E-state index contributed by atoms with van der Waals surface area (Å²) in [5.41, 5.74) is 2.59. The third kappa shape index (κ3) is 3.57. The normalized spacial score (nSPS) is 11.9. The predicted octanol–water partition coefficient (Wildman–Crippen LogP) is 4.16. The molecule has 1 aromatic carbocycles. The first-order valence-corrected chi connectivity index (χ1v) is 9.28. The fourth-order valence-corrected chi connectivity index (χ4v) is 3.87. The van der Waals surface area contributed by atoms with Crippen LogP contribution in [0.1, 0.15) is 32.9 Å². The molecule has 0 unspecified atom stereocenters. The van der Waals surface area contributed by atoms with Crippen molar-refractivity contribution in [1.82, 2.24) is 9.55 Å². The number of hydrogen-bond acceptors (Lipinski definition) is 6. The fourth-order valence-electron chi connectivity index (χ4n) is 2.86. The number of aliphatic hydroxyl groups is 1. The Kier molecular flexibility index (Phi) is 5.28. The number of carbonyl (C=O) groups is 1. The lowest BCUT2D eigenvalue weighted by molar-refractivity contribution is 0.0508. The van der Waals surface area contributed by atoms with Crippen LogP contribution >= 0.6 is 11.3 Å². The Labute approximate surface area is 161 Å². The Hall–Kier alpha value is -3.11. The molecule has 0 spiro atoms. The second-order valence-electron chi connectivity index (χ2n) is 6.06. The lowest BCUT2D eigenvalue weighted by atomic mass is 10.2. The molecular formula is C20H19N3O3S. The van der Waals surface area contributed by atoms with Crippen LogP contribution in [-0.2, 0) is 18.2 Å². The number of benzene rings is 1. The molecule has 0 radical (unpaired) electrons. The summed E-state index contributed by atoms with van der Waals surface area (Å²) in [6, 6.07) is 11.2. The van der Waals surface area contributed by atoms with Gasteiger partial charge in [-0.1, -0.05) is 19.1 Å². The van der Waals surface area contributed by atoms with E-state index in [0.717, 1.165) is 22.4 Å². The van der Waals surface area contributed by atoms with Gasteiger partial charge in [0.15, 0.2) is 11.6 Å². The standard InChI is InChI=1S/C20H19N3O3S/c1-4-17-12(2)9-18(27-17)20(25)26-11-16(24)13(10-21)19-22-14-7-5-6-8-15(14)23(19)3/h5-9,24H,4,11H2,1-3H3/b16-13-. The molecule has 0 saturated heterocycles. The van der Waals surface area contributed by atoms with Gasteiger partial charge in [-0.3, -0.25) is 0 Å². The van der Waals surface area contributed by atoms with E-state index >= 15 is 0 Å². The number of ether oxygens (including phenoxy) is 1. The van der Waals surface area contributed by atoms with Crippen LogP contribution in [-0.4, -0.2) is 27.2 Å². The van der Waals surface area contributed by atoms with Crippen molar-refractivity contribution in [3.8, 4) is 6.07 Å².